The van der Waals surface area contributed by atoms with Crippen LogP contribution in [0, 0.1) is 0 Å². The van der Waals surface area contributed by atoms with Crippen LogP contribution in [0.4, 0.5) is 0 Å². The van der Waals surface area contributed by atoms with Crippen molar-refractivity contribution >= 4 is 5.97 Å². The topological polar surface area (TPSA) is 55.8 Å². The molecule has 0 aromatic rings. The van der Waals surface area contributed by atoms with Crippen molar-refractivity contribution < 1.29 is 19.4 Å². The van der Waals surface area contributed by atoms with Gasteiger partial charge >= 0.3 is 5.97 Å². The molecule has 15 heavy (non-hydrogen) atoms. The second-order valence-electron chi connectivity index (χ2n) is 4.16. The lowest BCUT2D eigenvalue weighted by Crippen LogP contribution is -2.17. The Morgan fingerprint density at radius 1 is 1.60 bits per heavy atom. The number of hydrogen-bond donors (Lipinski definition) is 1. The number of carbonyl (C=O) groups excluding carboxylic acids is 1. The van der Waals surface area contributed by atoms with E-state index in [-0.39, 0.29) is 18.5 Å². The van der Waals surface area contributed by atoms with Crippen molar-refractivity contribution in [1.29, 1.82) is 0 Å². The van der Waals surface area contributed by atoms with Crippen LogP contribution in [-0.4, -0.2) is 36.5 Å². The molecule has 0 aliphatic carbocycles. The van der Waals surface area contributed by atoms with Gasteiger partial charge < -0.3 is 14.6 Å². The molecule has 88 valence electrons. The summed E-state index contributed by atoms with van der Waals surface area (Å²) in [5, 5.41) is 9.52. The number of ether oxygens (including phenoxy) is 2. The van der Waals surface area contributed by atoms with E-state index in [1.54, 1.807) is 0 Å². The maximum absolute atomic E-state index is 10.9. The summed E-state index contributed by atoms with van der Waals surface area (Å²) in [5.74, 6) is -0.358. The van der Waals surface area contributed by atoms with Gasteiger partial charge in [-0.05, 0) is 32.6 Å². The van der Waals surface area contributed by atoms with Crippen molar-refractivity contribution in [2.45, 2.75) is 57.3 Å². The van der Waals surface area contributed by atoms with Crippen LogP contribution < -0.4 is 0 Å². The van der Waals surface area contributed by atoms with Gasteiger partial charge in [0.05, 0.1) is 31.8 Å². The molecule has 1 aliphatic rings. The van der Waals surface area contributed by atoms with E-state index in [1.165, 1.54) is 7.11 Å². The number of rotatable bonds is 5. The van der Waals surface area contributed by atoms with Gasteiger partial charge in [0.2, 0.25) is 0 Å². The number of carbonyl (C=O) groups is 1. The van der Waals surface area contributed by atoms with Crippen LogP contribution in [0.3, 0.4) is 0 Å². The first-order valence-corrected chi connectivity index (χ1v) is 5.52. The molecule has 0 saturated carbocycles. The zero-order valence-corrected chi connectivity index (χ0v) is 9.44. The van der Waals surface area contributed by atoms with Crippen molar-refractivity contribution in [2.75, 3.05) is 7.11 Å². The largest absolute Gasteiger partial charge is 0.469 e. The van der Waals surface area contributed by atoms with Crippen LogP contribution in [0.5, 0.6) is 0 Å². The molecule has 1 N–H and O–H groups in total. The van der Waals surface area contributed by atoms with E-state index in [0.29, 0.717) is 12.5 Å². The van der Waals surface area contributed by atoms with Crippen LogP contribution in [0.15, 0.2) is 0 Å². The van der Waals surface area contributed by atoms with Gasteiger partial charge in [0.25, 0.3) is 0 Å². The highest BCUT2D eigenvalue weighted by atomic mass is 16.5. The molecule has 0 spiro atoms. The van der Waals surface area contributed by atoms with Gasteiger partial charge in [-0.15, -0.1) is 0 Å². The molecule has 0 aromatic heterocycles. The molecule has 1 aliphatic heterocycles. The quantitative estimate of drug-likeness (QED) is 0.703. The third-order valence-electron chi connectivity index (χ3n) is 2.77. The minimum Gasteiger partial charge on any atom is -0.469 e. The van der Waals surface area contributed by atoms with E-state index in [4.69, 9.17) is 4.74 Å². The molecule has 0 amide bonds. The van der Waals surface area contributed by atoms with Gasteiger partial charge in [0.15, 0.2) is 0 Å². The summed E-state index contributed by atoms with van der Waals surface area (Å²) in [6.07, 6.45) is 3.66. The summed E-state index contributed by atoms with van der Waals surface area (Å²) in [4.78, 5) is 10.9. The Bertz CT molecular complexity index is 205. The van der Waals surface area contributed by atoms with Crippen molar-refractivity contribution in [3.05, 3.63) is 0 Å². The summed E-state index contributed by atoms with van der Waals surface area (Å²) < 4.78 is 10.1. The van der Waals surface area contributed by atoms with Gasteiger partial charge in [-0.25, -0.2) is 0 Å². The Balaban J connectivity index is 2.11. The Hall–Kier alpha value is -0.610. The van der Waals surface area contributed by atoms with Gasteiger partial charge in [0, 0.05) is 0 Å². The van der Waals surface area contributed by atoms with Crippen LogP contribution in [0.1, 0.15) is 39.0 Å². The average molecular weight is 216 g/mol. The normalized spacial score (nSPS) is 27.7. The third-order valence-corrected chi connectivity index (χ3v) is 2.77. The fraction of sp³-hybridized carbons (Fsp3) is 0.909. The maximum Gasteiger partial charge on any atom is 0.308 e. The molecule has 1 saturated heterocycles. The van der Waals surface area contributed by atoms with Gasteiger partial charge in [-0.1, -0.05) is 0 Å². The summed E-state index contributed by atoms with van der Waals surface area (Å²) in [6.45, 7) is 2.06. The van der Waals surface area contributed by atoms with Crippen molar-refractivity contribution in [3.8, 4) is 0 Å². The molecule has 0 aromatic carbocycles. The maximum atomic E-state index is 10.9. The lowest BCUT2D eigenvalue weighted by Gasteiger charge is -2.13. The van der Waals surface area contributed by atoms with E-state index >= 15 is 0 Å². The van der Waals surface area contributed by atoms with E-state index < -0.39 is 6.10 Å². The van der Waals surface area contributed by atoms with Gasteiger partial charge in [0.1, 0.15) is 0 Å². The zero-order valence-electron chi connectivity index (χ0n) is 9.44. The Labute approximate surface area is 90.6 Å². The van der Waals surface area contributed by atoms with Crippen LogP contribution in [0.25, 0.3) is 0 Å². The minimum atomic E-state index is -0.600. The number of esters is 1. The minimum absolute atomic E-state index is 0.0821. The molecular formula is C11H20O4. The summed E-state index contributed by atoms with van der Waals surface area (Å²) in [6, 6.07) is 0. The first kappa shape index (κ1) is 12.5. The number of hydrogen-bond acceptors (Lipinski definition) is 4. The predicted octanol–water partition coefficient (Wildman–Crippen LogP) is 1.26. The van der Waals surface area contributed by atoms with Crippen LogP contribution in [0.2, 0.25) is 0 Å². The van der Waals surface area contributed by atoms with E-state index in [9.17, 15) is 9.90 Å². The third kappa shape index (κ3) is 4.62. The second kappa shape index (κ2) is 6.08. The number of methoxy groups -OCH3 is 1. The Morgan fingerprint density at radius 2 is 2.33 bits per heavy atom. The molecular weight excluding hydrogens is 196 g/mol. The Morgan fingerprint density at radius 3 is 2.87 bits per heavy atom. The fourth-order valence-electron chi connectivity index (χ4n) is 1.85. The van der Waals surface area contributed by atoms with Gasteiger partial charge in [-0.3, -0.25) is 4.79 Å². The second-order valence-corrected chi connectivity index (χ2v) is 4.16. The number of aliphatic hydroxyl groups excluding tert-OH is 1. The molecule has 4 heteroatoms. The monoisotopic (exact) mass is 216 g/mol. The highest BCUT2D eigenvalue weighted by Gasteiger charge is 2.22. The average Bonchev–Trinajstić information content (AvgIpc) is 2.61. The first-order chi connectivity index (χ1) is 7.11. The van der Waals surface area contributed by atoms with Crippen molar-refractivity contribution in [2.24, 2.45) is 0 Å². The van der Waals surface area contributed by atoms with Gasteiger partial charge in [-0.2, -0.15) is 0 Å². The molecule has 1 heterocycles. The summed E-state index contributed by atoms with van der Waals surface area (Å²) >= 11 is 0. The first-order valence-electron chi connectivity index (χ1n) is 5.52. The standard InChI is InChI=1S/C11H20O4/c1-8-3-5-10(15-8)6-4-9(12)7-11(13)14-2/h8-10,12H,3-7H2,1-2H3. The summed E-state index contributed by atoms with van der Waals surface area (Å²) in [5.41, 5.74) is 0. The fourth-order valence-corrected chi connectivity index (χ4v) is 1.85. The van der Waals surface area contributed by atoms with E-state index in [0.717, 1.165) is 19.3 Å². The molecule has 0 bridgehead atoms. The molecule has 3 atom stereocenters. The van der Waals surface area contributed by atoms with Crippen LogP contribution in [-0.2, 0) is 14.3 Å². The molecule has 1 rings (SSSR count). The predicted molar refractivity (Wildman–Crippen MR) is 55.4 cm³/mol. The summed E-state index contributed by atoms with van der Waals surface area (Å²) in [7, 11) is 1.33. The van der Waals surface area contributed by atoms with Crippen molar-refractivity contribution in [1.82, 2.24) is 0 Å². The molecule has 1 fully saturated rings. The van der Waals surface area contributed by atoms with Crippen molar-refractivity contribution in [3.63, 3.8) is 0 Å². The smallest absolute Gasteiger partial charge is 0.308 e. The molecule has 0 radical (unpaired) electrons. The lowest BCUT2D eigenvalue weighted by molar-refractivity contribution is -0.143. The highest BCUT2D eigenvalue weighted by Crippen LogP contribution is 2.23. The zero-order chi connectivity index (χ0) is 11.3. The Kier molecular flexibility index (Phi) is 5.05. The molecule has 4 nitrogen and oxygen atoms in total. The number of aliphatic hydroxyl groups is 1. The lowest BCUT2D eigenvalue weighted by atomic mass is 10.1. The molecule has 3 unspecified atom stereocenters. The highest BCUT2D eigenvalue weighted by molar-refractivity contribution is 5.69. The van der Waals surface area contributed by atoms with Crippen LogP contribution >= 0.6 is 0 Å². The SMILES string of the molecule is COC(=O)CC(O)CCC1CCC(C)O1. The van der Waals surface area contributed by atoms with E-state index in [1.807, 2.05) is 0 Å². The van der Waals surface area contributed by atoms with E-state index in [2.05, 4.69) is 11.7 Å².